The molecular formula is C22H29N3O2. The molecule has 0 spiro atoms. The second kappa shape index (κ2) is 6.82. The van der Waals surface area contributed by atoms with Gasteiger partial charge < -0.3 is 10.3 Å². The molecule has 144 valence electrons. The van der Waals surface area contributed by atoms with Crippen LogP contribution in [0.25, 0.3) is 0 Å². The van der Waals surface area contributed by atoms with Gasteiger partial charge in [-0.3, -0.25) is 9.59 Å². The van der Waals surface area contributed by atoms with Crippen molar-refractivity contribution in [1.82, 2.24) is 10.3 Å². The van der Waals surface area contributed by atoms with Crippen molar-refractivity contribution in [2.45, 2.75) is 65.2 Å². The second-order valence-corrected chi connectivity index (χ2v) is 9.36. The number of carbonyl (C=O) groups excluding carboxylic acids is 1. The van der Waals surface area contributed by atoms with Crippen LogP contribution >= 0.6 is 0 Å². The van der Waals surface area contributed by atoms with Gasteiger partial charge >= 0.3 is 0 Å². The van der Waals surface area contributed by atoms with Crippen molar-refractivity contribution in [3.05, 3.63) is 32.7 Å². The molecule has 0 aliphatic heterocycles. The number of pyridine rings is 1. The fraction of sp³-hybridized carbons (Fsp3) is 0.682. The van der Waals surface area contributed by atoms with Crippen LogP contribution in [0.5, 0.6) is 0 Å². The third-order valence-electron chi connectivity index (χ3n) is 7.35. The Balaban J connectivity index is 1.36. The van der Waals surface area contributed by atoms with E-state index >= 15 is 0 Å². The van der Waals surface area contributed by atoms with Crippen LogP contribution in [-0.2, 0) is 11.2 Å². The number of rotatable bonds is 5. The van der Waals surface area contributed by atoms with Gasteiger partial charge in [0.1, 0.15) is 11.6 Å². The van der Waals surface area contributed by atoms with Gasteiger partial charge in [-0.15, -0.1) is 0 Å². The van der Waals surface area contributed by atoms with Crippen LogP contribution in [-0.4, -0.2) is 17.4 Å². The van der Waals surface area contributed by atoms with Gasteiger partial charge in [0, 0.05) is 18.7 Å². The van der Waals surface area contributed by atoms with Crippen molar-refractivity contribution in [3.63, 3.8) is 0 Å². The molecule has 5 rings (SSSR count). The lowest BCUT2D eigenvalue weighted by molar-refractivity contribution is -0.123. The van der Waals surface area contributed by atoms with Crippen LogP contribution in [0.1, 0.15) is 67.3 Å². The van der Waals surface area contributed by atoms with Gasteiger partial charge in [-0.25, -0.2) is 0 Å². The molecule has 5 nitrogen and oxygen atoms in total. The molecule has 1 amide bonds. The van der Waals surface area contributed by atoms with E-state index in [9.17, 15) is 14.9 Å². The standard InChI is InChI=1S/C22H29N3O2/c1-13-18(14(2)25-21(27)19(13)11-23)3-4-20(26)24-12-22-8-15-5-16(9-22)7-17(6-15)10-22/h15-17H,3-10,12H2,1-2H3,(H,24,26)(H,25,27). The molecule has 0 radical (unpaired) electrons. The van der Waals surface area contributed by atoms with E-state index < -0.39 is 0 Å². The summed E-state index contributed by atoms with van der Waals surface area (Å²) in [5.41, 5.74) is 2.53. The maximum absolute atomic E-state index is 12.5. The molecule has 5 heteroatoms. The zero-order valence-corrected chi connectivity index (χ0v) is 16.4. The number of carbonyl (C=O) groups is 1. The minimum atomic E-state index is -0.345. The normalized spacial score (nSPS) is 30.9. The predicted octanol–water partition coefficient (Wildman–Crippen LogP) is 3.13. The highest BCUT2D eigenvalue weighted by Crippen LogP contribution is 2.59. The van der Waals surface area contributed by atoms with E-state index in [0.29, 0.717) is 23.8 Å². The highest BCUT2D eigenvalue weighted by atomic mass is 16.1. The van der Waals surface area contributed by atoms with Crippen molar-refractivity contribution >= 4 is 5.91 Å². The molecule has 0 unspecified atom stereocenters. The minimum Gasteiger partial charge on any atom is -0.356 e. The first-order chi connectivity index (χ1) is 12.9. The topological polar surface area (TPSA) is 85.8 Å². The van der Waals surface area contributed by atoms with E-state index in [-0.39, 0.29) is 17.0 Å². The molecule has 4 aliphatic rings. The third-order valence-corrected chi connectivity index (χ3v) is 7.35. The van der Waals surface area contributed by atoms with E-state index in [1.165, 1.54) is 38.5 Å². The quantitative estimate of drug-likeness (QED) is 0.838. The minimum absolute atomic E-state index is 0.0780. The molecule has 1 aromatic heterocycles. The summed E-state index contributed by atoms with van der Waals surface area (Å²) in [6.07, 6.45) is 9.08. The van der Waals surface area contributed by atoms with Gasteiger partial charge in [-0.1, -0.05) is 0 Å². The average molecular weight is 367 g/mol. The first kappa shape index (κ1) is 18.3. The third kappa shape index (κ3) is 3.42. The maximum Gasteiger partial charge on any atom is 0.266 e. The van der Waals surface area contributed by atoms with Crippen molar-refractivity contribution in [2.24, 2.45) is 23.2 Å². The van der Waals surface area contributed by atoms with Crippen LogP contribution in [0.2, 0.25) is 0 Å². The highest BCUT2D eigenvalue weighted by Gasteiger charge is 2.50. The second-order valence-electron chi connectivity index (χ2n) is 9.36. The Morgan fingerprint density at radius 2 is 1.78 bits per heavy atom. The Hall–Kier alpha value is -2.09. The number of aromatic nitrogens is 1. The number of nitriles is 1. The molecule has 0 atom stereocenters. The molecule has 1 heterocycles. The lowest BCUT2D eigenvalue weighted by Gasteiger charge is -2.56. The van der Waals surface area contributed by atoms with Crippen LogP contribution in [0, 0.1) is 48.3 Å². The molecule has 0 saturated heterocycles. The first-order valence-corrected chi connectivity index (χ1v) is 10.3. The number of hydrogen-bond donors (Lipinski definition) is 2. The first-order valence-electron chi connectivity index (χ1n) is 10.3. The predicted molar refractivity (Wildman–Crippen MR) is 103 cm³/mol. The number of amides is 1. The lowest BCUT2D eigenvalue weighted by Crippen LogP contribution is -2.51. The SMILES string of the molecule is Cc1[nH]c(=O)c(C#N)c(C)c1CCC(=O)NCC12CC3CC(CC(C3)C1)C2. The Labute approximate surface area is 160 Å². The summed E-state index contributed by atoms with van der Waals surface area (Å²) in [7, 11) is 0. The Morgan fingerprint density at radius 1 is 1.19 bits per heavy atom. The molecular weight excluding hydrogens is 338 g/mol. The summed E-state index contributed by atoms with van der Waals surface area (Å²) in [6.45, 7) is 4.45. The fourth-order valence-corrected chi connectivity index (χ4v) is 6.54. The van der Waals surface area contributed by atoms with Crippen LogP contribution in [0.4, 0.5) is 0 Å². The van der Waals surface area contributed by atoms with Crippen LogP contribution in [0.15, 0.2) is 4.79 Å². The van der Waals surface area contributed by atoms with Crippen molar-refractivity contribution in [2.75, 3.05) is 6.54 Å². The summed E-state index contributed by atoms with van der Waals surface area (Å²) in [5.74, 6) is 2.76. The summed E-state index contributed by atoms with van der Waals surface area (Å²) in [5, 5.41) is 12.4. The number of nitrogens with zero attached hydrogens (tertiary/aromatic N) is 1. The molecule has 4 fully saturated rings. The van der Waals surface area contributed by atoms with Gasteiger partial charge in [0.25, 0.3) is 5.56 Å². The number of aryl methyl sites for hydroxylation is 1. The van der Waals surface area contributed by atoms with Crippen molar-refractivity contribution in [3.8, 4) is 6.07 Å². The highest BCUT2D eigenvalue weighted by molar-refractivity contribution is 5.76. The molecule has 0 aromatic carbocycles. The van der Waals surface area contributed by atoms with E-state index in [1.54, 1.807) is 6.92 Å². The number of nitrogens with one attached hydrogen (secondary N) is 2. The van der Waals surface area contributed by atoms with Crippen molar-refractivity contribution in [1.29, 1.82) is 5.26 Å². The summed E-state index contributed by atoms with van der Waals surface area (Å²) in [6, 6.07) is 1.97. The van der Waals surface area contributed by atoms with Gasteiger partial charge in [0.05, 0.1) is 0 Å². The zero-order chi connectivity index (χ0) is 19.2. The van der Waals surface area contributed by atoms with Gasteiger partial charge in [-0.05, 0) is 93.1 Å². The van der Waals surface area contributed by atoms with E-state index in [2.05, 4.69) is 10.3 Å². The molecule has 4 saturated carbocycles. The van der Waals surface area contributed by atoms with Crippen LogP contribution < -0.4 is 10.9 Å². The Kier molecular flexibility index (Phi) is 4.61. The largest absolute Gasteiger partial charge is 0.356 e. The molecule has 4 bridgehead atoms. The number of hydrogen-bond acceptors (Lipinski definition) is 3. The van der Waals surface area contributed by atoms with E-state index in [4.69, 9.17) is 0 Å². The van der Waals surface area contributed by atoms with Gasteiger partial charge in [0.15, 0.2) is 0 Å². The smallest absolute Gasteiger partial charge is 0.266 e. The average Bonchev–Trinajstić information content (AvgIpc) is 2.59. The lowest BCUT2D eigenvalue weighted by atomic mass is 9.49. The van der Waals surface area contributed by atoms with Crippen LogP contribution in [0.3, 0.4) is 0 Å². The molecule has 2 N–H and O–H groups in total. The molecule has 27 heavy (non-hydrogen) atoms. The fourth-order valence-electron chi connectivity index (χ4n) is 6.54. The Morgan fingerprint density at radius 3 is 2.33 bits per heavy atom. The van der Waals surface area contributed by atoms with E-state index in [0.717, 1.165) is 35.6 Å². The summed E-state index contributed by atoms with van der Waals surface area (Å²) in [4.78, 5) is 27.1. The maximum atomic E-state index is 12.5. The van der Waals surface area contributed by atoms with Gasteiger partial charge in [-0.2, -0.15) is 5.26 Å². The number of H-pyrrole nitrogens is 1. The molecule has 1 aromatic rings. The summed E-state index contributed by atoms with van der Waals surface area (Å²) < 4.78 is 0. The Bertz CT molecular complexity index is 826. The molecule has 4 aliphatic carbocycles. The van der Waals surface area contributed by atoms with E-state index in [1.807, 2.05) is 13.0 Å². The monoisotopic (exact) mass is 367 g/mol. The van der Waals surface area contributed by atoms with Crippen molar-refractivity contribution < 1.29 is 4.79 Å². The summed E-state index contributed by atoms with van der Waals surface area (Å²) >= 11 is 0. The number of aromatic amines is 1. The zero-order valence-electron chi connectivity index (χ0n) is 16.4. The van der Waals surface area contributed by atoms with Gasteiger partial charge in [0.2, 0.25) is 5.91 Å².